The van der Waals surface area contributed by atoms with Crippen molar-refractivity contribution in [1.29, 1.82) is 0 Å². The van der Waals surface area contributed by atoms with Crippen molar-refractivity contribution >= 4 is 0 Å². The smallest absolute Gasteiger partial charge is 0.123 e. The third kappa shape index (κ3) is 5.30. The summed E-state index contributed by atoms with van der Waals surface area (Å²) >= 11 is 0. The number of nitrogens with zero attached hydrogens (tertiary/aromatic N) is 2. The zero-order chi connectivity index (χ0) is 15.8. The number of benzene rings is 1. The molecule has 2 unspecified atom stereocenters. The summed E-state index contributed by atoms with van der Waals surface area (Å²) < 4.78 is 5.52. The van der Waals surface area contributed by atoms with Crippen LogP contribution in [0.25, 0.3) is 0 Å². The highest BCUT2D eigenvalue weighted by molar-refractivity contribution is 5.36. The maximum Gasteiger partial charge on any atom is 0.123 e. The predicted octanol–water partition coefficient (Wildman–Crippen LogP) is 2.36. The van der Waals surface area contributed by atoms with Gasteiger partial charge in [-0.25, -0.2) is 0 Å². The standard InChI is InChI=1S/C17H31N3O/c1-6-15(18)17(20(4)13-9-12-19(2)3)14-10-7-8-11-16(14)21-5/h7-8,10-11,15,17H,6,9,12-13,18H2,1-5H3. The molecule has 4 heteroatoms. The molecule has 0 fully saturated rings. The Labute approximate surface area is 129 Å². The van der Waals surface area contributed by atoms with Gasteiger partial charge in [-0.05, 0) is 53.1 Å². The van der Waals surface area contributed by atoms with Gasteiger partial charge in [-0.2, -0.15) is 0 Å². The van der Waals surface area contributed by atoms with E-state index in [0.29, 0.717) is 0 Å². The molecule has 0 saturated heterocycles. The van der Waals surface area contributed by atoms with Gasteiger partial charge in [0.25, 0.3) is 0 Å². The normalized spacial score (nSPS) is 14.5. The lowest BCUT2D eigenvalue weighted by molar-refractivity contribution is 0.196. The van der Waals surface area contributed by atoms with Crippen LogP contribution in [-0.4, -0.2) is 57.2 Å². The Bertz CT molecular complexity index is 409. The lowest BCUT2D eigenvalue weighted by atomic mass is 9.95. The lowest BCUT2D eigenvalue weighted by Gasteiger charge is -2.33. The molecule has 0 heterocycles. The molecule has 0 aromatic heterocycles. The molecular weight excluding hydrogens is 262 g/mol. The second-order valence-corrected chi connectivity index (χ2v) is 5.90. The van der Waals surface area contributed by atoms with Gasteiger partial charge in [-0.1, -0.05) is 25.1 Å². The van der Waals surface area contributed by atoms with Crippen LogP contribution in [0.4, 0.5) is 0 Å². The summed E-state index contributed by atoms with van der Waals surface area (Å²) in [4.78, 5) is 4.57. The molecule has 0 aliphatic rings. The largest absolute Gasteiger partial charge is 0.496 e. The summed E-state index contributed by atoms with van der Waals surface area (Å²) in [6.07, 6.45) is 2.08. The van der Waals surface area contributed by atoms with E-state index in [1.807, 2.05) is 12.1 Å². The van der Waals surface area contributed by atoms with Gasteiger partial charge in [0, 0.05) is 11.6 Å². The van der Waals surface area contributed by atoms with E-state index >= 15 is 0 Å². The van der Waals surface area contributed by atoms with Crippen molar-refractivity contribution in [1.82, 2.24) is 9.80 Å². The summed E-state index contributed by atoms with van der Waals surface area (Å²) in [6, 6.07) is 8.49. The molecule has 0 aliphatic carbocycles. The van der Waals surface area contributed by atoms with Crippen molar-refractivity contribution < 1.29 is 4.74 Å². The van der Waals surface area contributed by atoms with Gasteiger partial charge in [-0.3, -0.25) is 4.90 Å². The molecule has 4 nitrogen and oxygen atoms in total. The molecule has 21 heavy (non-hydrogen) atoms. The molecule has 0 bridgehead atoms. The van der Waals surface area contributed by atoms with Crippen LogP contribution in [0, 0.1) is 0 Å². The minimum absolute atomic E-state index is 0.102. The highest BCUT2D eigenvalue weighted by Crippen LogP contribution is 2.31. The van der Waals surface area contributed by atoms with E-state index in [0.717, 1.165) is 31.7 Å². The van der Waals surface area contributed by atoms with E-state index in [9.17, 15) is 0 Å². The number of likely N-dealkylation sites (N-methyl/N-ethyl adjacent to an activating group) is 1. The predicted molar refractivity (Wildman–Crippen MR) is 89.8 cm³/mol. The first-order chi connectivity index (χ1) is 10.0. The van der Waals surface area contributed by atoms with Crippen LogP contribution in [0.5, 0.6) is 5.75 Å². The second kappa shape index (κ2) is 9.03. The molecule has 0 radical (unpaired) electrons. The van der Waals surface area contributed by atoms with Crippen LogP contribution >= 0.6 is 0 Å². The first-order valence-corrected chi connectivity index (χ1v) is 7.74. The average Bonchev–Trinajstić information content (AvgIpc) is 2.47. The fraction of sp³-hybridized carbons (Fsp3) is 0.647. The van der Waals surface area contributed by atoms with E-state index < -0.39 is 0 Å². The third-order valence-electron chi connectivity index (χ3n) is 3.93. The van der Waals surface area contributed by atoms with Crippen molar-refractivity contribution in [2.24, 2.45) is 5.73 Å². The highest BCUT2D eigenvalue weighted by Gasteiger charge is 2.25. The number of rotatable bonds is 9. The monoisotopic (exact) mass is 293 g/mol. The lowest BCUT2D eigenvalue weighted by Crippen LogP contribution is -2.40. The minimum Gasteiger partial charge on any atom is -0.496 e. The van der Waals surface area contributed by atoms with Crippen molar-refractivity contribution in [2.75, 3.05) is 41.3 Å². The number of hydrogen-bond donors (Lipinski definition) is 1. The SMILES string of the molecule is CCC(N)C(c1ccccc1OC)N(C)CCCN(C)C. The van der Waals surface area contributed by atoms with Gasteiger partial charge >= 0.3 is 0 Å². The molecule has 2 atom stereocenters. The Balaban J connectivity index is 2.89. The number of nitrogens with two attached hydrogens (primary N) is 1. The van der Waals surface area contributed by atoms with Crippen LogP contribution in [0.1, 0.15) is 31.4 Å². The van der Waals surface area contributed by atoms with Crippen molar-refractivity contribution in [2.45, 2.75) is 31.8 Å². The molecule has 0 saturated carbocycles. The van der Waals surface area contributed by atoms with Gasteiger partial charge in [-0.15, -0.1) is 0 Å². The maximum atomic E-state index is 6.40. The fourth-order valence-electron chi connectivity index (χ4n) is 2.70. The molecular formula is C17H31N3O. The van der Waals surface area contributed by atoms with Crippen LogP contribution < -0.4 is 10.5 Å². The van der Waals surface area contributed by atoms with Crippen molar-refractivity contribution in [3.8, 4) is 5.75 Å². The van der Waals surface area contributed by atoms with Crippen LogP contribution in [0.2, 0.25) is 0 Å². The van der Waals surface area contributed by atoms with E-state index in [-0.39, 0.29) is 12.1 Å². The second-order valence-electron chi connectivity index (χ2n) is 5.90. The minimum atomic E-state index is 0.102. The van der Waals surface area contributed by atoms with Crippen LogP contribution in [0.15, 0.2) is 24.3 Å². The van der Waals surface area contributed by atoms with Gasteiger partial charge in [0.2, 0.25) is 0 Å². The van der Waals surface area contributed by atoms with Crippen LogP contribution in [0.3, 0.4) is 0 Å². The van der Waals surface area contributed by atoms with Crippen molar-refractivity contribution in [3.05, 3.63) is 29.8 Å². The Kier molecular flexibility index (Phi) is 7.72. The van der Waals surface area contributed by atoms with Gasteiger partial charge < -0.3 is 15.4 Å². The quantitative estimate of drug-likeness (QED) is 0.759. The first kappa shape index (κ1) is 18.0. The average molecular weight is 293 g/mol. The Hall–Kier alpha value is -1.10. The molecule has 120 valence electrons. The van der Waals surface area contributed by atoms with E-state index in [2.05, 4.69) is 50.0 Å². The Morgan fingerprint density at radius 3 is 2.38 bits per heavy atom. The molecule has 2 N–H and O–H groups in total. The summed E-state index contributed by atoms with van der Waals surface area (Å²) in [5, 5.41) is 0. The van der Waals surface area contributed by atoms with Gasteiger partial charge in [0.05, 0.1) is 13.2 Å². The van der Waals surface area contributed by atoms with Crippen molar-refractivity contribution in [3.63, 3.8) is 0 Å². The zero-order valence-corrected chi connectivity index (χ0v) is 14.2. The summed E-state index contributed by atoms with van der Waals surface area (Å²) in [6.45, 7) is 4.25. The molecule has 1 aromatic rings. The summed E-state index contributed by atoms with van der Waals surface area (Å²) in [7, 11) is 8.09. The van der Waals surface area contributed by atoms with Crippen LogP contribution in [-0.2, 0) is 0 Å². The topological polar surface area (TPSA) is 41.7 Å². The summed E-state index contributed by atoms with van der Waals surface area (Å²) in [5.41, 5.74) is 7.58. The number of methoxy groups -OCH3 is 1. The van der Waals surface area contributed by atoms with Gasteiger partial charge in [0.15, 0.2) is 0 Å². The Morgan fingerprint density at radius 2 is 1.81 bits per heavy atom. The Morgan fingerprint density at radius 1 is 1.14 bits per heavy atom. The molecule has 1 rings (SSSR count). The molecule has 1 aromatic carbocycles. The first-order valence-electron chi connectivity index (χ1n) is 7.74. The number of para-hydroxylation sites is 1. The molecule has 0 aliphatic heterocycles. The third-order valence-corrected chi connectivity index (χ3v) is 3.93. The fourth-order valence-corrected chi connectivity index (χ4v) is 2.70. The molecule has 0 spiro atoms. The van der Waals surface area contributed by atoms with E-state index in [1.165, 1.54) is 5.56 Å². The highest BCUT2D eigenvalue weighted by atomic mass is 16.5. The summed E-state index contributed by atoms with van der Waals surface area (Å²) in [5.74, 6) is 0.922. The molecule has 0 amide bonds. The number of hydrogen-bond acceptors (Lipinski definition) is 4. The zero-order valence-electron chi connectivity index (χ0n) is 14.2. The van der Waals surface area contributed by atoms with Gasteiger partial charge in [0.1, 0.15) is 5.75 Å². The number of ether oxygens (including phenoxy) is 1. The van der Waals surface area contributed by atoms with E-state index in [1.54, 1.807) is 7.11 Å². The van der Waals surface area contributed by atoms with E-state index in [4.69, 9.17) is 10.5 Å². The maximum absolute atomic E-state index is 6.40.